The highest BCUT2D eigenvalue weighted by Crippen LogP contribution is 2.45. The molecule has 5 aromatic carbocycles. The Labute approximate surface area is 245 Å². The molecule has 0 heterocycles. The lowest BCUT2D eigenvalue weighted by molar-refractivity contribution is 0.395. The molecule has 5 aromatic rings. The third-order valence-corrected chi connectivity index (χ3v) is 10.5. The second kappa shape index (κ2) is 12.0. The fourth-order valence-corrected chi connectivity index (χ4v) is 8.04. The van der Waals surface area contributed by atoms with E-state index in [0.29, 0.717) is 9.79 Å². The van der Waals surface area contributed by atoms with E-state index in [0.717, 1.165) is 27.8 Å². The summed E-state index contributed by atoms with van der Waals surface area (Å²) in [6, 6.07) is 41.4. The Morgan fingerprint density at radius 1 is 0.634 bits per heavy atom. The van der Waals surface area contributed by atoms with Gasteiger partial charge in [-0.2, -0.15) is 4.72 Å². The van der Waals surface area contributed by atoms with E-state index in [-0.39, 0.29) is 4.90 Å². The van der Waals surface area contributed by atoms with Crippen LogP contribution in [-0.2, 0) is 26.4 Å². The van der Waals surface area contributed by atoms with Crippen molar-refractivity contribution in [2.24, 2.45) is 0 Å². The molecular weight excluding hydrogens is 547 g/mol. The summed E-state index contributed by atoms with van der Waals surface area (Å²) in [6.45, 7) is 5.93. The number of benzene rings is 5. The third-order valence-electron chi connectivity index (χ3n) is 7.55. The van der Waals surface area contributed by atoms with Crippen LogP contribution in [0.2, 0.25) is 0 Å². The van der Waals surface area contributed by atoms with Crippen molar-refractivity contribution in [1.29, 1.82) is 0 Å². The van der Waals surface area contributed by atoms with Gasteiger partial charge in [0.15, 0.2) is 0 Å². The van der Waals surface area contributed by atoms with Gasteiger partial charge in [0.05, 0.1) is 21.2 Å². The van der Waals surface area contributed by atoms with Crippen LogP contribution in [0.1, 0.15) is 40.7 Å². The fraction of sp³-hybridized carbons (Fsp3) is 0.143. The summed E-state index contributed by atoms with van der Waals surface area (Å²) >= 11 is 0. The van der Waals surface area contributed by atoms with Crippen molar-refractivity contribution in [2.45, 2.75) is 46.9 Å². The molecule has 2 atom stereocenters. The van der Waals surface area contributed by atoms with Crippen LogP contribution in [-0.4, -0.2) is 12.6 Å². The zero-order chi connectivity index (χ0) is 29.0. The fourth-order valence-electron chi connectivity index (χ4n) is 5.29. The Morgan fingerprint density at radius 2 is 1.10 bits per heavy atom. The summed E-state index contributed by atoms with van der Waals surface area (Å²) in [5, 5.41) is 0. The molecule has 0 saturated heterocycles. The Morgan fingerprint density at radius 3 is 1.63 bits per heavy atom. The molecule has 0 bridgehead atoms. The number of hydrogen-bond donors (Lipinski definition) is 1. The van der Waals surface area contributed by atoms with E-state index in [1.165, 1.54) is 0 Å². The van der Waals surface area contributed by atoms with Gasteiger partial charge in [-0.15, -0.1) is 0 Å². The molecule has 41 heavy (non-hydrogen) atoms. The normalized spacial score (nSPS) is 13.4. The molecule has 0 aliphatic rings. The molecule has 0 saturated carbocycles. The predicted molar refractivity (Wildman–Crippen MR) is 166 cm³/mol. The Balaban J connectivity index is 1.75. The van der Waals surface area contributed by atoms with Crippen molar-refractivity contribution in [2.75, 3.05) is 0 Å². The van der Waals surface area contributed by atoms with Gasteiger partial charge in [-0.1, -0.05) is 121 Å². The number of rotatable bonds is 9. The zero-order valence-electron chi connectivity index (χ0n) is 23.3. The summed E-state index contributed by atoms with van der Waals surface area (Å²) < 4.78 is 45.4. The van der Waals surface area contributed by atoms with Crippen molar-refractivity contribution in [3.63, 3.8) is 0 Å². The molecule has 208 valence electrons. The van der Waals surface area contributed by atoms with E-state index in [2.05, 4.69) is 4.72 Å². The van der Waals surface area contributed by atoms with Crippen molar-refractivity contribution in [3.8, 4) is 0 Å². The molecule has 4 nitrogen and oxygen atoms in total. The van der Waals surface area contributed by atoms with E-state index < -0.39 is 32.3 Å². The Bertz CT molecular complexity index is 1710. The van der Waals surface area contributed by atoms with Crippen LogP contribution < -0.4 is 4.72 Å². The van der Waals surface area contributed by atoms with Crippen LogP contribution in [0.5, 0.6) is 0 Å². The number of sulfonamides is 1. The van der Waals surface area contributed by atoms with Crippen LogP contribution in [0, 0.1) is 13.8 Å². The molecule has 0 fully saturated rings. The maximum absolute atomic E-state index is 14.1. The molecule has 0 unspecified atom stereocenters. The monoisotopic (exact) mass is 579 g/mol. The first-order valence-corrected chi connectivity index (χ1v) is 16.1. The molecule has 5 rings (SSSR count). The summed E-state index contributed by atoms with van der Waals surface area (Å²) in [4.78, 5) is 1.53. The lowest BCUT2D eigenvalue weighted by Gasteiger charge is -2.41. The number of nitrogens with one attached hydrogen (secondary N) is 1. The second-order valence-corrected chi connectivity index (χ2v) is 13.4. The van der Waals surface area contributed by atoms with Crippen molar-refractivity contribution < 1.29 is 12.6 Å². The molecular formula is C35H33NO3S2. The topological polar surface area (TPSA) is 63.2 Å². The predicted octanol–water partition coefficient (Wildman–Crippen LogP) is 7.50. The van der Waals surface area contributed by atoms with Gasteiger partial charge in [0.1, 0.15) is 0 Å². The van der Waals surface area contributed by atoms with Gasteiger partial charge in [-0.25, -0.2) is 12.6 Å². The van der Waals surface area contributed by atoms with Gasteiger partial charge in [0, 0.05) is 15.7 Å². The largest absolute Gasteiger partial charge is 0.249 e. The van der Waals surface area contributed by atoms with Gasteiger partial charge in [0.25, 0.3) is 0 Å². The van der Waals surface area contributed by atoms with Gasteiger partial charge >= 0.3 is 0 Å². The Hall–Kier alpha value is -3.84. The number of aryl methyl sites for hydroxylation is 2. The van der Waals surface area contributed by atoms with Gasteiger partial charge in [-0.3, -0.25) is 0 Å². The van der Waals surface area contributed by atoms with E-state index in [1.54, 1.807) is 24.3 Å². The summed E-state index contributed by atoms with van der Waals surface area (Å²) in [5.74, 6) is -0.460. The highest BCUT2D eigenvalue weighted by molar-refractivity contribution is 7.89. The van der Waals surface area contributed by atoms with E-state index in [9.17, 15) is 12.6 Å². The highest BCUT2D eigenvalue weighted by Gasteiger charge is 2.45. The first kappa shape index (κ1) is 28.7. The molecule has 0 aliphatic heterocycles. The van der Waals surface area contributed by atoms with Crippen molar-refractivity contribution >= 4 is 20.8 Å². The standard InChI is InChI=1S/C35H33NO3S2/c1-26-18-22-31(23-19-26)40(37)34-17-11-10-16-33(34)28(3)35(29-12-6-4-7-13-29,30-14-8-5-9-15-30)36-41(38,39)32-24-20-27(2)21-25-32/h4-25,28,36H,1-3H3/t28-,40-/m0/s1. The minimum absolute atomic E-state index is 0.183. The van der Waals surface area contributed by atoms with Crippen LogP contribution in [0.25, 0.3) is 0 Å². The van der Waals surface area contributed by atoms with Crippen LogP contribution >= 0.6 is 0 Å². The highest BCUT2D eigenvalue weighted by atomic mass is 32.2. The summed E-state index contributed by atoms with van der Waals surface area (Å²) in [5.41, 5.74) is 3.20. The third kappa shape index (κ3) is 5.82. The van der Waals surface area contributed by atoms with Crippen LogP contribution in [0.3, 0.4) is 0 Å². The quantitative estimate of drug-likeness (QED) is 0.197. The average Bonchev–Trinajstić information content (AvgIpc) is 3.00. The summed E-state index contributed by atoms with van der Waals surface area (Å²) in [7, 11) is -5.47. The van der Waals surface area contributed by atoms with E-state index in [1.807, 2.05) is 130 Å². The molecule has 0 aliphatic carbocycles. The lowest BCUT2D eigenvalue weighted by atomic mass is 9.72. The zero-order valence-corrected chi connectivity index (χ0v) is 25.0. The average molecular weight is 580 g/mol. The van der Waals surface area contributed by atoms with Crippen LogP contribution in [0.15, 0.2) is 148 Å². The van der Waals surface area contributed by atoms with Crippen molar-refractivity contribution in [3.05, 3.63) is 161 Å². The minimum Gasteiger partial charge on any atom is -0.249 e. The lowest BCUT2D eigenvalue weighted by Crippen LogP contribution is -2.50. The molecule has 0 spiro atoms. The van der Waals surface area contributed by atoms with Gasteiger partial charge < -0.3 is 0 Å². The van der Waals surface area contributed by atoms with Crippen molar-refractivity contribution in [1.82, 2.24) is 4.72 Å². The SMILES string of the molecule is Cc1ccc([S@](=O)c2ccccc2[C@H](C)C(NS(=O)(=O)c2ccc(C)cc2)(c2ccccc2)c2ccccc2)cc1. The molecule has 1 N–H and O–H groups in total. The molecule has 0 radical (unpaired) electrons. The summed E-state index contributed by atoms with van der Waals surface area (Å²) in [6.07, 6.45) is 0. The first-order chi connectivity index (χ1) is 19.7. The molecule has 6 heteroatoms. The number of hydrogen-bond acceptors (Lipinski definition) is 3. The second-order valence-electron chi connectivity index (χ2n) is 10.3. The smallest absolute Gasteiger partial charge is 0.241 e. The van der Waals surface area contributed by atoms with E-state index in [4.69, 9.17) is 0 Å². The minimum atomic E-state index is -4.00. The maximum atomic E-state index is 14.1. The Kier molecular flexibility index (Phi) is 8.36. The first-order valence-electron chi connectivity index (χ1n) is 13.5. The maximum Gasteiger partial charge on any atom is 0.241 e. The van der Waals surface area contributed by atoms with Gasteiger partial charge in [0.2, 0.25) is 10.0 Å². The molecule has 0 aromatic heterocycles. The van der Waals surface area contributed by atoms with Crippen LogP contribution in [0.4, 0.5) is 0 Å². The van der Waals surface area contributed by atoms with Gasteiger partial charge in [-0.05, 0) is 60.9 Å². The van der Waals surface area contributed by atoms with E-state index >= 15 is 0 Å². The molecule has 0 amide bonds.